The predicted molar refractivity (Wildman–Crippen MR) is 54.6 cm³/mol. The molecule has 0 amide bonds. The Labute approximate surface area is 82.3 Å². The zero-order valence-electron chi connectivity index (χ0n) is 7.44. The number of hydrogen-bond acceptors (Lipinski definition) is 4. The number of nitrogens with zero attached hydrogens (tertiary/aromatic N) is 2. The van der Waals surface area contributed by atoms with Gasteiger partial charge in [-0.15, -0.1) is 0 Å². The lowest BCUT2D eigenvalue weighted by Crippen LogP contribution is -2.28. The zero-order valence-corrected chi connectivity index (χ0v) is 8.26. The minimum atomic E-state index is 0.673. The van der Waals surface area contributed by atoms with Crippen molar-refractivity contribution in [1.82, 2.24) is 15.5 Å². The van der Waals surface area contributed by atoms with E-state index in [1.54, 1.807) is 6.20 Å². The minimum Gasteiger partial charge on any atom is -0.307 e. The Bertz CT molecular complexity index is 246. The molecule has 0 radical (unpaired) electrons. The highest BCUT2D eigenvalue weighted by molar-refractivity contribution is 7.99. The normalized spacial score (nSPS) is 22.0. The molecule has 0 spiro atoms. The second-order valence-corrected chi connectivity index (χ2v) is 4.31. The van der Waals surface area contributed by atoms with Crippen molar-refractivity contribution in [2.45, 2.75) is 19.0 Å². The van der Waals surface area contributed by atoms with Crippen molar-refractivity contribution in [1.29, 1.82) is 0 Å². The molecule has 2 rings (SSSR count). The van der Waals surface area contributed by atoms with Crippen LogP contribution < -0.4 is 5.32 Å². The maximum Gasteiger partial charge on any atom is 0.0769 e. The fourth-order valence-electron chi connectivity index (χ4n) is 1.37. The van der Waals surface area contributed by atoms with E-state index in [-0.39, 0.29) is 0 Å². The third-order valence-corrected chi connectivity index (χ3v) is 3.29. The minimum absolute atomic E-state index is 0.673. The van der Waals surface area contributed by atoms with Crippen molar-refractivity contribution >= 4 is 11.8 Å². The lowest BCUT2D eigenvalue weighted by molar-refractivity contribution is 0.549. The van der Waals surface area contributed by atoms with Gasteiger partial charge in [0.1, 0.15) is 0 Å². The maximum absolute atomic E-state index is 4.02. The molecule has 0 aromatic carbocycles. The van der Waals surface area contributed by atoms with Gasteiger partial charge in [-0.1, -0.05) is 0 Å². The van der Waals surface area contributed by atoms with Crippen molar-refractivity contribution in [2.24, 2.45) is 0 Å². The summed E-state index contributed by atoms with van der Waals surface area (Å²) >= 11 is 2.02. The van der Waals surface area contributed by atoms with Crippen LogP contribution in [-0.2, 0) is 6.54 Å². The molecule has 0 bridgehead atoms. The van der Waals surface area contributed by atoms with Gasteiger partial charge < -0.3 is 5.32 Å². The third-order valence-electron chi connectivity index (χ3n) is 2.13. The summed E-state index contributed by atoms with van der Waals surface area (Å²) in [5.74, 6) is 2.53. The van der Waals surface area contributed by atoms with Gasteiger partial charge in [0.15, 0.2) is 0 Å². The third kappa shape index (κ3) is 2.67. The van der Waals surface area contributed by atoms with Gasteiger partial charge in [0, 0.05) is 24.5 Å². The Morgan fingerprint density at radius 2 is 2.62 bits per heavy atom. The van der Waals surface area contributed by atoms with Crippen LogP contribution in [0.1, 0.15) is 12.1 Å². The molecular formula is C9H13N3S. The van der Waals surface area contributed by atoms with Gasteiger partial charge in [0.25, 0.3) is 0 Å². The predicted octanol–water partition coefficient (Wildman–Crippen LogP) is 1.07. The molecule has 1 aromatic heterocycles. The molecule has 1 N–H and O–H groups in total. The quantitative estimate of drug-likeness (QED) is 0.783. The zero-order chi connectivity index (χ0) is 8.93. The molecule has 70 valence electrons. The summed E-state index contributed by atoms with van der Waals surface area (Å²) in [6.45, 7) is 0.846. The highest BCUT2D eigenvalue weighted by Crippen LogP contribution is 2.17. The number of rotatable bonds is 3. The lowest BCUT2D eigenvalue weighted by Gasteiger charge is -2.09. The van der Waals surface area contributed by atoms with Gasteiger partial charge in [-0.05, 0) is 24.3 Å². The summed E-state index contributed by atoms with van der Waals surface area (Å²) in [6.07, 6.45) is 2.99. The van der Waals surface area contributed by atoms with Gasteiger partial charge in [0.2, 0.25) is 0 Å². The fraction of sp³-hybridized carbons (Fsp3) is 0.556. The van der Waals surface area contributed by atoms with E-state index in [9.17, 15) is 0 Å². The van der Waals surface area contributed by atoms with Gasteiger partial charge in [-0.2, -0.15) is 22.0 Å². The molecule has 4 heteroatoms. The van der Waals surface area contributed by atoms with Gasteiger partial charge in [-0.25, -0.2) is 0 Å². The van der Waals surface area contributed by atoms with Crippen LogP contribution in [0.25, 0.3) is 0 Å². The summed E-state index contributed by atoms with van der Waals surface area (Å²) < 4.78 is 0. The first-order valence-electron chi connectivity index (χ1n) is 4.53. The van der Waals surface area contributed by atoms with Crippen LogP contribution >= 0.6 is 11.8 Å². The molecule has 1 saturated heterocycles. The lowest BCUT2D eigenvalue weighted by atomic mass is 10.2. The van der Waals surface area contributed by atoms with E-state index in [0.29, 0.717) is 6.04 Å². The maximum atomic E-state index is 4.02. The number of aromatic nitrogens is 2. The molecule has 13 heavy (non-hydrogen) atoms. The first-order chi connectivity index (χ1) is 6.45. The van der Waals surface area contributed by atoms with Crippen molar-refractivity contribution in [3.8, 4) is 0 Å². The van der Waals surface area contributed by atoms with Gasteiger partial charge >= 0.3 is 0 Å². The van der Waals surface area contributed by atoms with Crippen LogP contribution in [0, 0.1) is 0 Å². The van der Waals surface area contributed by atoms with E-state index in [4.69, 9.17) is 0 Å². The van der Waals surface area contributed by atoms with Gasteiger partial charge in [-0.3, -0.25) is 0 Å². The molecule has 1 aromatic rings. The smallest absolute Gasteiger partial charge is 0.0769 e. The molecule has 1 fully saturated rings. The molecular weight excluding hydrogens is 182 g/mol. The standard InChI is InChI=1S/C9H13N3S/c1-2-8(12-11-4-1)6-10-9-3-5-13-7-9/h1-2,4,9-10H,3,5-7H2. The SMILES string of the molecule is c1cnnc(CNC2CCSC2)c1. The summed E-state index contributed by atoms with van der Waals surface area (Å²) in [6, 6.07) is 4.60. The Balaban J connectivity index is 1.79. The summed E-state index contributed by atoms with van der Waals surface area (Å²) in [7, 11) is 0. The van der Waals surface area contributed by atoms with Crippen LogP contribution in [0.2, 0.25) is 0 Å². The Morgan fingerprint density at radius 1 is 1.62 bits per heavy atom. The topological polar surface area (TPSA) is 37.8 Å². The van der Waals surface area contributed by atoms with E-state index < -0.39 is 0 Å². The fourth-order valence-corrected chi connectivity index (χ4v) is 2.56. The van der Waals surface area contributed by atoms with Crippen molar-refractivity contribution in [3.05, 3.63) is 24.0 Å². The Morgan fingerprint density at radius 3 is 3.31 bits per heavy atom. The Kier molecular flexibility index (Phi) is 3.16. The first kappa shape index (κ1) is 8.97. The van der Waals surface area contributed by atoms with Crippen molar-refractivity contribution in [2.75, 3.05) is 11.5 Å². The first-order valence-corrected chi connectivity index (χ1v) is 5.68. The molecule has 0 saturated carbocycles. The highest BCUT2D eigenvalue weighted by atomic mass is 32.2. The molecule has 0 aliphatic carbocycles. The summed E-state index contributed by atoms with van der Waals surface area (Å²) in [4.78, 5) is 0. The van der Waals surface area contributed by atoms with Crippen molar-refractivity contribution < 1.29 is 0 Å². The van der Waals surface area contributed by atoms with E-state index in [0.717, 1.165) is 12.2 Å². The summed E-state index contributed by atoms with van der Waals surface area (Å²) in [5, 5.41) is 11.3. The second-order valence-electron chi connectivity index (χ2n) is 3.16. The molecule has 3 nitrogen and oxygen atoms in total. The molecule has 1 atom stereocenters. The van der Waals surface area contributed by atoms with Crippen molar-refractivity contribution in [3.63, 3.8) is 0 Å². The Hall–Kier alpha value is -0.610. The second kappa shape index (κ2) is 4.58. The van der Waals surface area contributed by atoms with E-state index in [1.807, 2.05) is 23.9 Å². The number of thioether (sulfide) groups is 1. The van der Waals surface area contributed by atoms with Crippen LogP contribution in [0.3, 0.4) is 0 Å². The molecule has 1 unspecified atom stereocenters. The van der Waals surface area contributed by atoms with Crippen LogP contribution in [0.15, 0.2) is 18.3 Å². The van der Waals surface area contributed by atoms with E-state index >= 15 is 0 Å². The van der Waals surface area contributed by atoms with Gasteiger partial charge in [0.05, 0.1) is 5.69 Å². The van der Waals surface area contributed by atoms with Crippen LogP contribution in [0.4, 0.5) is 0 Å². The largest absolute Gasteiger partial charge is 0.307 e. The molecule has 1 aliphatic rings. The highest BCUT2D eigenvalue weighted by Gasteiger charge is 2.14. The van der Waals surface area contributed by atoms with Crippen LogP contribution in [-0.4, -0.2) is 27.7 Å². The van der Waals surface area contributed by atoms with E-state index in [1.165, 1.54) is 17.9 Å². The average Bonchev–Trinajstić information content (AvgIpc) is 2.69. The molecule has 2 heterocycles. The monoisotopic (exact) mass is 195 g/mol. The van der Waals surface area contributed by atoms with E-state index in [2.05, 4.69) is 15.5 Å². The molecule has 1 aliphatic heterocycles. The summed E-state index contributed by atoms with van der Waals surface area (Å²) in [5.41, 5.74) is 1.03. The van der Waals surface area contributed by atoms with Crippen LogP contribution in [0.5, 0.6) is 0 Å². The number of nitrogens with one attached hydrogen (secondary N) is 1. The number of hydrogen-bond donors (Lipinski definition) is 1. The average molecular weight is 195 g/mol.